The minimum absolute atomic E-state index is 0.446. The van der Waals surface area contributed by atoms with Crippen LogP contribution < -0.4 is 5.32 Å². The average molecular weight is 245 g/mol. The summed E-state index contributed by atoms with van der Waals surface area (Å²) >= 11 is 1.92. The summed E-state index contributed by atoms with van der Waals surface area (Å²) < 4.78 is 5.56. The maximum Gasteiger partial charge on any atom is 0.117 e. The van der Waals surface area contributed by atoms with Crippen molar-refractivity contribution in [3.8, 4) is 0 Å². The van der Waals surface area contributed by atoms with Gasteiger partial charge in [0, 0.05) is 16.7 Å². The van der Waals surface area contributed by atoms with E-state index in [1.165, 1.54) is 10.5 Å². The van der Waals surface area contributed by atoms with Crippen LogP contribution in [-0.4, -0.2) is 5.75 Å². The highest BCUT2D eigenvalue weighted by atomic mass is 32.2. The second kappa shape index (κ2) is 4.59. The van der Waals surface area contributed by atoms with Crippen LogP contribution >= 0.6 is 11.8 Å². The number of benzene rings is 1. The van der Waals surface area contributed by atoms with Gasteiger partial charge >= 0.3 is 0 Å². The Bertz CT molecular complexity index is 520. The minimum atomic E-state index is 0.446. The summed E-state index contributed by atoms with van der Waals surface area (Å²) in [7, 11) is 0. The Kier molecular flexibility index (Phi) is 2.95. The maximum atomic E-state index is 5.56. The second-order valence-corrected chi connectivity index (χ2v) is 5.36. The molecule has 1 aliphatic rings. The van der Waals surface area contributed by atoms with Gasteiger partial charge in [0.1, 0.15) is 11.5 Å². The number of fused-ring (bicyclic) bond motifs is 1. The number of nitrogens with one attached hydrogen (secondary N) is 1. The van der Waals surface area contributed by atoms with Gasteiger partial charge in [-0.3, -0.25) is 0 Å². The van der Waals surface area contributed by atoms with Crippen LogP contribution in [0.25, 0.3) is 0 Å². The molecule has 1 unspecified atom stereocenters. The summed E-state index contributed by atoms with van der Waals surface area (Å²) in [5.74, 6) is 3.10. The molecular weight excluding hydrogens is 230 g/mol. The molecule has 2 aromatic rings. The lowest BCUT2D eigenvalue weighted by molar-refractivity contribution is 0.446. The molecule has 0 saturated heterocycles. The first-order chi connectivity index (χ1) is 8.33. The Hall–Kier alpha value is -1.19. The number of hydrogen-bond acceptors (Lipinski definition) is 3. The molecule has 1 atom stereocenters. The van der Waals surface area contributed by atoms with Crippen LogP contribution in [0, 0.1) is 6.92 Å². The SMILES string of the molecule is Cc1ccc(CNC2CSc3ccccc32)o1. The van der Waals surface area contributed by atoms with E-state index < -0.39 is 0 Å². The molecule has 0 amide bonds. The summed E-state index contributed by atoms with van der Waals surface area (Å²) in [6.07, 6.45) is 0. The first kappa shape index (κ1) is 10.9. The van der Waals surface area contributed by atoms with Crippen molar-refractivity contribution in [3.63, 3.8) is 0 Å². The van der Waals surface area contributed by atoms with Gasteiger partial charge in [-0.25, -0.2) is 0 Å². The van der Waals surface area contributed by atoms with Crippen molar-refractivity contribution in [1.29, 1.82) is 0 Å². The zero-order chi connectivity index (χ0) is 11.7. The molecule has 3 heteroatoms. The Morgan fingerprint density at radius 2 is 2.18 bits per heavy atom. The number of furan rings is 1. The number of rotatable bonds is 3. The van der Waals surface area contributed by atoms with E-state index in [1.807, 2.05) is 30.8 Å². The van der Waals surface area contributed by atoms with Gasteiger partial charge in [0.2, 0.25) is 0 Å². The molecule has 0 aliphatic carbocycles. The fraction of sp³-hybridized carbons (Fsp3) is 0.286. The van der Waals surface area contributed by atoms with Gasteiger partial charge in [0.05, 0.1) is 6.54 Å². The van der Waals surface area contributed by atoms with E-state index in [0.29, 0.717) is 6.04 Å². The van der Waals surface area contributed by atoms with Crippen LogP contribution in [0.15, 0.2) is 45.7 Å². The Morgan fingerprint density at radius 1 is 1.29 bits per heavy atom. The fourth-order valence-corrected chi connectivity index (χ4v) is 3.33. The number of thioether (sulfide) groups is 1. The van der Waals surface area contributed by atoms with E-state index in [1.54, 1.807) is 0 Å². The smallest absolute Gasteiger partial charge is 0.117 e. The first-order valence-electron chi connectivity index (χ1n) is 5.83. The van der Waals surface area contributed by atoms with Crippen molar-refractivity contribution >= 4 is 11.8 Å². The van der Waals surface area contributed by atoms with Crippen LogP contribution in [0.2, 0.25) is 0 Å². The molecule has 0 saturated carbocycles. The fourth-order valence-electron chi connectivity index (χ4n) is 2.14. The highest BCUT2D eigenvalue weighted by molar-refractivity contribution is 7.99. The van der Waals surface area contributed by atoms with Gasteiger partial charge in [-0.1, -0.05) is 18.2 Å². The van der Waals surface area contributed by atoms with E-state index in [9.17, 15) is 0 Å². The molecule has 0 bridgehead atoms. The molecule has 1 N–H and O–H groups in total. The molecule has 0 fully saturated rings. The van der Waals surface area contributed by atoms with Gasteiger partial charge < -0.3 is 9.73 Å². The summed E-state index contributed by atoms with van der Waals surface area (Å²) in [4.78, 5) is 1.40. The Labute approximate surface area is 105 Å². The average Bonchev–Trinajstić information content (AvgIpc) is 2.93. The van der Waals surface area contributed by atoms with Crippen molar-refractivity contribution in [2.24, 2.45) is 0 Å². The lowest BCUT2D eigenvalue weighted by Crippen LogP contribution is -2.20. The van der Waals surface area contributed by atoms with Crippen molar-refractivity contribution in [3.05, 3.63) is 53.5 Å². The summed E-state index contributed by atoms with van der Waals surface area (Å²) in [5.41, 5.74) is 1.42. The normalized spacial score (nSPS) is 18.3. The third kappa shape index (κ3) is 2.26. The molecular formula is C14H15NOS. The van der Waals surface area contributed by atoms with Crippen LogP contribution in [0.1, 0.15) is 23.1 Å². The topological polar surface area (TPSA) is 25.2 Å². The molecule has 2 nitrogen and oxygen atoms in total. The van der Waals surface area contributed by atoms with Crippen molar-refractivity contribution in [2.45, 2.75) is 24.4 Å². The molecule has 0 spiro atoms. The van der Waals surface area contributed by atoms with Gasteiger partial charge in [0.15, 0.2) is 0 Å². The molecule has 88 valence electrons. The first-order valence-corrected chi connectivity index (χ1v) is 6.82. The van der Waals surface area contributed by atoms with Crippen LogP contribution in [-0.2, 0) is 6.54 Å². The van der Waals surface area contributed by atoms with Crippen molar-refractivity contribution in [1.82, 2.24) is 5.32 Å². The lowest BCUT2D eigenvalue weighted by atomic mass is 10.1. The Morgan fingerprint density at radius 3 is 3.00 bits per heavy atom. The zero-order valence-corrected chi connectivity index (χ0v) is 10.6. The molecule has 17 heavy (non-hydrogen) atoms. The van der Waals surface area contributed by atoms with Crippen molar-refractivity contribution in [2.75, 3.05) is 5.75 Å². The standard InChI is InChI=1S/C14H15NOS/c1-10-6-7-11(16-10)8-15-13-9-17-14-5-3-2-4-12(13)14/h2-7,13,15H,8-9H2,1H3. The monoisotopic (exact) mass is 245 g/mol. The predicted molar refractivity (Wildman–Crippen MR) is 70.2 cm³/mol. The molecule has 1 aromatic heterocycles. The van der Waals surface area contributed by atoms with Gasteiger partial charge in [-0.05, 0) is 30.7 Å². The quantitative estimate of drug-likeness (QED) is 0.895. The molecule has 0 radical (unpaired) electrons. The second-order valence-electron chi connectivity index (χ2n) is 4.29. The van der Waals surface area contributed by atoms with E-state index >= 15 is 0 Å². The van der Waals surface area contributed by atoms with Crippen LogP contribution in [0.4, 0.5) is 0 Å². The predicted octanol–water partition coefficient (Wildman–Crippen LogP) is 3.52. The third-order valence-corrected chi connectivity index (χ3v) is 4.20. The summed E-state index contributed by atoms with van der Waals surface area (Å²) in [6, 6.07) is 13.1. The van der Waals surface area contributed by atoms with Gasteiger partial charge in [0.25, 0.3) is 0 Å². The lowest BCUT2D eigenvalue weighted by Gasteiger charge is -2.11. The third-order valence-electron chi connectivity index (χ3n) is 3.02. The minimum Gasteiger partial charge on any atom is -0.465 e. The molecule has 3 rings (SSSR count). The highest BCUT2D eigenvalue weighted by Gasteiger charge is 2.22. The maximum absolute atomic E-state index is 5.56. The highest BCUT2D eigenvalue weighted by Crippen LogP contribution is 2.37. The van der Waals surface area contributed by atoms with E-state index in [-0.39, 0.29) is 0 Å². The van der Waals surface area contributed by atoms with Crippen LogP contribution in [0.5, 0.6) is 0 Å². The number of hydrogen-bond donors (Lipinski definition) is 1. The summed E-state index contributed by atoms with van der Waals surface area (Å²) in [6.45, 7) is 2.78. The number of aryl methyl sites for hydroxylation is 1. The van der Waals surface area contributed by atoms with Crippen LogP contribution in [0.3, 0.4) is 0 Å². The largest absolute Gasteiger partial charge is 0.465 e. The van der Waals surface area contributed by atoms with E-state index in [2.05, 4.69) is 29.6 Å². The molecule has 1 aliphatic heterocycles. The summed E-state index contributed by atoms with van der Waals surface area (Å²) in [5, 5.41) is 3.55. The van der Waals surface area contributed by atoms with Crippen molar-refractivity contribution < 1.29 is 4.42 Å². The van der Waals surface area contributed by atoms with E-state index in [0.717, 1.165) is 23.8 Å². The van der Waals surface area contributed by atoms with Gasteiger partial charge in [-0.2, -0.15) is 0 Å². The Balaban J connectivity index is 1.68. The molecule has 2 heterocycles. The molecule has 1 aromatic carbocycles. The zero-order valence-electron chi connectivity index (χ0n) is 9.77. The van der Waals surface area contributed by atoms with Gasteiger partial charge in [-0.15, -0.1) is 11.8 Å². The van der Waals surface area contributed by atoms with E-state index in [4.69, 9.17) is 4.42 Å².